The van der Waals surface area contributed by atoms with Crippen molar-refractivity contribution in [3.63, 3.8) is 0 Å². The maximum atomic E-state index is 8.05. The first-order valence-electron chi connectivity index (χ1n) is 14.0. The Kier molecular flexibility index (Phi) is 6.91. The van der Waals surface area contributed by atoms with Crippen LogP contribution >= 0.6 is 0 Å². The van der Waals surface area contributed by atoms with Crippen molar-refractivity contribution in [2.24, 2.45) is 0 Å². The molecule has 0 aliphatic rings. The molecule has 0 unspecified atom stereocenters. The van der Waals surface area contributed by atoms with Gasteiger partial charge < -0.3 is 15.5 Å². The molecule has 6 heteroatoms. The summed E-state index contributed by atoms with van der Waals surface area (Å²) in [5.74, 6) is 2.44. The Hall–Kier alpha value is -6.01. The van der Waals surface area contributed by atoms with Crippen LogP contribution in [0.3, 0.4) is 0 Å². The fourth-order valence-electron chi connectivity index (χ4n) is 5.43. The van der Waals surface area contributed by atoms with Gasteiger partial charge in [-0.1, -0.05) is 91.0 Å². The lowest BCUT2D eigenvalue weighted by Gasteiger charge is -2.13. The monoisotopic (exact) mass is 557 g/mol. The van der Waals surface area contributed by atoms with Crippen LogP contribution in [0.1, 0.15) is 0 Å². The van der Waals surface area contributed by atoms with Crippen molar-refractivity contribution in [2.75, 3.05) is 5.32 Å². The van der Waals surface area contributed by atoms with Crippen molar-refractivity contribution in [1.29, 1.82) is 5.41 Å². The SMILES string of the molecule is N=CC(=CNc1nccc2ccccc12)Oc1ccc2c(-c3ccccc3)c(-c3ccccc3)n(-c3ccccn3)c2c1. The van der Waals surface area contributed by atoms with E-state index in [0.717, 1.165) is 49.9 Å². The average molecular weight is 558 g/mol. The van der Waals surface area contributed by atoms with Crippen LogP contribution < -0.4 is 10.1 Å². The minimum absolute atomic E-state index is 0.344. The van der Waals surface area contributed by atoms with Crippen molar-refractivity contribution >= 4 is 33.7 Å². The molecule has 43 heavy (non-hydrogen) atoms. The summed E-state index contributed by atoms with van der Waals surface area (Å²) in [5.41, 5.74) is 5.30. The summed E-state index contributed by atoms with van der Waals surface area (Å²) in [7, 11) is 0. The lowest BCUT2D eigenvalue weighted by molar-refractivity contribution is 0.456. The molecule has 0 bridgehead atoms. The quantitative estimate of drug-likeness (QED) is 0.145. The summed E-state index contributed by atoms with van der Waals surface area (Å²) in [6, 6.07) is 42.8. The zero-order valence-electron chi connectivity index (χ0n) is 23.2. The predicted octanol–water partition coefficient (Wildman–Crippen LogP) is 8.89. The van der Waals surface area contributed by atoms with Crippen molar-refractivity contribution in [2.45, 2.75) is 0 Å². The molecule has 0 atom stereocenters. The third-order valence-corrected chi connectivity index (χ3v) is 7.33. The van der Waals surface area contributed by atoms with Crippen molar-refractivity contribution in [3.8, 4) is 34.0 Å². The fourth-order valence-corrected chi connectivity index (χ4v) is 5.43. The molecular formula is C37H27N5O. The molecule has 3 heterocycles. The highest BCUT2D eigenvalue weighted by Crippen LogP contribution is 2.43. The Labute approximate surface area is 249 Å². The molecular weight excluding hydrogens is 530 g/mol. The number of anilines is 1. The van der Waals surface area contributed by atoms with Crippen LogP contribution in [0.5, 0.6) is 5.75 Å². The maximum absolute atomic E-state index is 8.05. The average Bonchev–Trinajstić information content (AvgIpc) is 3.42. The van der Waals surface area contributed by atoms with Gasteiger partial charge in [0.2, 0.25) is 0 Å². The number of rotatable bonds is 8. The van der Waals surface area contributed by atoms with Crippen molar-refractivity contribution in [3.05, 3.63) is 152 Å². The van der Waals surface area contributed by atoms with Crippen LogP contribution in [-0.4, -0.2) is 20.7 Å². The van der Waals surface area contributed by atoms with Gasteiger partial charge in [-0.3, -0.25) is 4.57 Å². The third-order valence-electron chi connectivity index (χ3n) is 7.33. The number of allylic oxidation sites excluding steroid dienone is 1. The number of hydrogen-bond donors (Lipinski definition) is 2. The Morgan fingerprint density at radius 1 is 0.698 bits per heavy atom. The molecule has 0 radical (unpaired) electrons. The maximum Gasteiger partial charge on any atom is 0.160 e. The Morgan fingerprint density at radius 2 is 1.44 bits per heavy atom. The van der Waals surface area contributed by atoms with Gasteiger partial charge in [0, 0.05) is 41.0 Å². The molecule has 2 N–H and O–H groups in total. The number of hydrogen-bond acceptors (Lipinski definition) is 5. The van der Waals surface area contributed by atoms with Gasteiger partial charge in [-0.05, 0) is 46.8 Å². The Bertz CT molecular complexity index is 2080. The van der Waals surface area contributed by atoms with E-state index in [2.05, 4.69) is 69.5 Å². The van der Waals surface area contributed by atoms with Gasteiger partial charge in [0.1, 0.15) is 17.4 Å². The predicted molar refractivity (Wildman–Crippen MR) is 175 cm³/mol. The van der Waals surface area contributed by atoms with E-state index in [4.69, 9.17) is 15.1 Å². The van der Waals surface area contributed by atoms with Crippen LogP contribution in [0.4, 0.5) is 5.82 Å². The highest BCUT2D eigenvalue weighted by molar-refractivity contribution is 6.06. The van der Waals surface area contributed by atoms with Crippen LogP contribution in [0.25, 0.3) is 49.9 Å². The molecule has 0 saturated heterocycles. The summed E-state index contributed by atoms with van der Waals surface area (Å²) < 4.78 is 8.44. The number of nitrogens with zero attached hydrogens (tertiary/aromatic N) is 3. The summed E-state index contributed by atoms with van der Waals surface area (Å²) in [5, 5.41) is 14.4. The number of aromatic nitrogens is 3. The molecule has 3 aromatic heterocycles. The lowest BCUT2D eigenvalue weighted by atomic mass is 9.98. The smallest absolute Gasteiger partial charge is 0.160 e. The molecule has 0 aliphatic heterocycles. The van der Waals surface area contributed by atoms with E-state index in [0.29, 0.717) is 17.3 Å². The van der Waals surface area contributed by atoms with Crippen LogP contribution in [-0.2, 0) is 0 Å². The second kappa shape index (κ2) is 11.5. The van der Waals surface area contributed by atoms with Gasteiger partial charge in [-0.2, -0.15) is 0 Å². The summed E-state index contributed by atoms with van der Waals surface area (Å²) in [6.07, 6.45) is 6.42. The van der Waals surface area contributed by atoms with Gasteiger partial charge >= 0.3 is 0 Å². The first kappa shape index (κ1) is 25.9. The summed E-state index contributed by atoms with van der Waals surface area (Å²) in [6.45, 7) is 0. The number of fused-ring (bicyclic) bond motifs is 2. The van der Waals surface area contributed by atoms with Gasteiger partial charge in [0.25, 0.3) is 0 Å². The highest BCUT2D eigenvalue weighted by Gasteiger charge is 2.22. The fraction of sp³-hybridized carbons (Fsp3) is 0. The summed E-state index contributed by atoms with van der Waals surface area (Å²) in [4.78, 5) is 9.22. The van der Waals surface area contributed by atoms with Gasteiger partial charge in [-0.15, -0.1) is 0 Å². The van der Waals surface area contributed by atoms with E-state index >= 15 is 0 Å². The second-order valence-electron chi connectivity index (χ2n) is 9.98. The number of benzene rings is 4. The summed E-state index contributed by atoms with van der Waals surface area (Å²) >= 11 is 0. The molecule has 4 aromatic carbocycles. The second-order valence-corrected chi connectivity index (χ2v) is 9.98. The number of nitrogens with one attached hydrogen (secondary N) is 2. The Balaban J connectivity index is 1.36. The number of pyridine rings is 2. The van der Waals surface area contributed by atoms with Crippen molar-refractivity contribution in [1.82, 2.24) is 14.5 Å². The first-order valence-corrected chi connectivity index (χ1v) is 14.0. The van der Waals surface area contributed by atoms with Gasteiger partial charge in [-0.25, -0.2) is 9.97 Å². The topological polar surface area (TPSA) is 75.8 Å². The normalized spacial score (nSPS) is 11.5. The molecule has 0 saturated carbocycles. The molecule has 0 spiro atoms. The number of ether oxygens (including phenoxy) is 1. The molecule has 206 valence electrons. The first-order chi connectivity index (χ1) is 21.3. The highest BCUT2D eigenvalue weighted by atomic mass is 16.5. The zero-order valence-corrected chi connectivity index (χ0v) is 23.2. The third kappa shape index (κ3) is 5.02. The molecule has 7 aromatic rings. The van der Waals surface area contributed by atoms with E-state index in [9.17, 15) is 0 Å². The lowest BCUT2D eigenvalue weighted by Crippen LogP contribution is -2.02. The molecule has 6 nitrogen and oxygen atoms in total. The molecule has 0 fully saturated rings. The van der Waals surface area contributed by atoms with Crippen LogP contribution in [0, 0.1) is 5.41 Å². The van der Waals surface area contributed by atoms with E-state index < -0.39 is 0 Å². The molecule has 0 amide bonds. The molecule has 7 rings (SSSR count). The van der Waals surface area contributed by atoms with E-state index in [1.54, 1.807) is 18.6 Å². The molecule has 0 aliphatic carbocycles. The van der Waals surface area contributed by atoms with Gasteiger partial charge in [0.15, 0.2) is 5.76 Å². The van der Waals surface area contributed by atoms with E-state index in [-0.39, 0.29) is 0 Å². The van der Waals surface area contributed by atoms with Crippen LogP contribution in [0.2, 0.25) is 0 Å². The Morgan fingerprint density at radius 3 is 2.21 bits per heavy atom. The van der Waals surface area contributed by atoms with E-state index in [1.807, 2.05) is 72.8 Å². The minimum atomic E-state index is 0.344. The van der Waals surface area contributed by atoms with Crippen LogP contribution in [0.15, 0.2) is 152 Å². The standard InChI is InChI=1S/C37H27N5O/c38-24-30(25-41-37-31-16-8-7-11-26(31)20-22-40-37)43-29-18-19-32-33(23-29)42(34-17-9-10-21-39-34)36(28-14-5-2-6-15-28)35(32)27-12-3-1-4-13-27/h1-25,38H,(H,40,41). The van der Waals surface area contributed by atoms with Crippen molar-refractivity contribution < 1.29 is 4.74 Å². The largest absolute Gasteiger partial charge is 0.454 e. The van der Waals surface area contributed by atoms with Gasteiger partial charge in [0.05, 0.1) is 17.4 Å². The zero-order chi connectivity index (χ0) is 29.0. The van der Waals surface area contributed by atoms with E-state index in [1.165, 1.54) is 6.21 Å². The minimum Gasteiger partial charge on any atom is -0.454 e.